The number of hydrogen-bond donors (Lipinski definition) is 1. The lowest BCUT2D eigenvalue weighted by Crippen LogP contribution is -2.25. The van der Waals surface area contributed by atoms with Crippen molar-refractivity contribution in [3.8, 4) is 0 Å². The van der Waals surface area contributed by atoms with Gasteiger partial charge in [0.2, 0.25) is 5.91 Å². The molecule has 0 bridgehead atoms. The lowest BCUT2D eigenvalue weighted by molar-refractivity contribution is -0.115. The van der Waals surface area contributed by atoms with Crippen LogP contribution in [0.4, 0.5) is 5.82 Å². The van der Waals surface area contributed by atoms with E-state index >= 15 is 0 Å². The molecule has 1 amide bonds. The van der Waals surface area contributed by atoms with Gasteiger partial charge in [-0.1, -0.05) is 36.7 Å². The number of aromatic nitrogens is 5. The fraction of sp³-hybridized carbons (Fsp3) is 0.438. The molecule has 0 fully saturated rings. The van der Waals surface area contributed by atoms with Crippen molar-refractivity contribution < 1.29 is 9.32 Å². The van der Waals surface area contributed by atoms with Gasteiger partial charge in [0.25, 0.3) is 0 Å². The van der Waals surface area contributed by atoms with Crippen LogP contribution in [0, 0.1) is 6.92 Å². The van der Waals surface area contributed by atoms with E-state index in [9.17, 15) is 4.79 Å². The van der Waals surface area contributed by atoms with Crippen LogP contribution in [0.3, 0.4) is 0 Å². The highest BCUT2D eigenvalue weighted by Gasteiger charge is 2.23. The molecule has 0 spiro atoms. The van der Waals surface area contributed by atoms with Gasteiger partial charge in [-0.15, -0.1) is 0 Å². The highest BCUT2D eigenvalue weighted by molar-refractivity contribution is 8.00. The molecule has 0 saturated carbocycles. The monoisotopic (exact) mass is 360 g/mol. The number of rotatable bonds is 7. The van der Waals surface area contributed by atoms with E-state index in [1.807, 2.05) is 7.05 Å². The second kappa shape index (κ2) is 7.64. The topological polar surface area (TPSA) is 98.7 Å². The molecule has 1 atom stereocenters. The molecular weight excluding hydrogens is 340 g/mol. The maximum Gasteiger partial charge on any atom is 0.239 e. The standard InChI is InChI=1S/C16H20N6O2S/c1-4-5-6-12(15(23)20-13-7-10(2)24-21-13)25-16-11-8-19-22(3)14(11)17-9-18-16/h7-9,12H,4-6H2,1-3H3,(H,20,21,23). The Balaban J connectivity index is 1.81. The summed E-state index contributed by atoms with van der Waals surface area (Å²) in [5.41, 5.74) is 0.749. The fourth-order valence-corrected chi connectivity index (χ4v) is 3.53. The maximum atomic E-state index is 12.7. The van der Waals surface area contributed by atoms with Crippen molar-refractivity contribution in [1.29, 1.82) is 0 Å². The number of fused-ring (bicyclic) bond motifs is 1. The van der Waals surface area contributed by atoms with E-state index in [4.69, 9.17) is 4.52 Å². The Labute approximate surface area is 149 Å². The molecule has 3 rings (SSSR count). The molecule has 0 aliphatic rings. The summed E-state index contributed by atoms with van der Waals surface area (Å²) in [6, 6.07) is 1.70. The van der Waals surface area contributed by atoms with Crippen LogP contribution >= 0.6 is 11.8 Å². The summed E-state index contributed by atoms with van der Waals surface area (Å²) in [6.07, 6.45) is 5.94. The van der Waals surface area contributed by atoms with Crippen LogP contribution in [0.5, 0.6) is 0 Å². The highest BCUT2D eigenvalue weighted by atomic mass is 32.2. The highest BCUT2D eigenvalue weighted by Crippen LogP contribution is 2.30. The Bertz CT molecular complexity index is 875. The minimum atomic E-state index is -0.282. The number of amides is 1. The van der Waals surface area contributed by atoms with Crippen molar-refractivity contribution in [3.05, 3.63) is 24.4 Å². The molecule has 3 aromatic rings. The van der Waals surface area contributed by atoms with Crippen LogP contribution in [0.25, 0.3) is 11.0 Å². The number of unbranched alkanes of at least 4 members (excludes halogenated alkanes) is 1. The van der Waals surface area contributed by atoms with Crippen molar-refractivity contribution in [2.75, 3.05) is 5.32 Å². The number of carbonyl (C=O) groups excluding carboxylic acids is 1. The molecule has 0 aliphatic carbocycles. The zero-order valence-corrected chi connectivity index (χ0v) is 15.2. The Kier molecular flexibility index (Phi) is 5.32. The van der Waals surface area contributed by atoms with Crippen LogP contribution in [-0.2, 0) is 11.8 Å². The third-order valence-corrected chi connectivity index (χ3v) is 5.02. The van der Waals surface area contributed by atoms with Gasteiger partial charge in [-0.3, -0.25) is 9.48 Å². The third kappa shape index (κ3) is 3.98. The predicted octanol–water partition coefficient (Wildman–Crippen LogP) is 2.95. The van der Waals surface area contributed by atoms with Crippen molar-refractivity contribution in [1.82, 2.24) is 24.9 Å². The average Bonchev–Trinajstić information content (AvgIpc) is 3.18. The number of anilines is 1. The van der Waals surface area contributed by atoms with Gasteiger partial charge in [0.1, 0.15) is 17.1 Å². The number of nitrogens with zero attached hydrogens (tertiary/aromatic N) is 5. The SMILES string of the molecule is CCCCC(Sc1ncnc2c1cnn2C)C(=O)Nc1cc(C)on1. The largest absolute Gasteiger partial charge is 0.360 e. The number of nitrogens with one attached hydrogen (secondary N) is 1. The molecule has 0 radical (unpaired) electrons. The van der Waals surface area contributed by atoms with Crippen LogP contribution in [0.15, 0.2) is 28.1 Å². The van der Waals surface area contributed by atoms with Crippen molar-refractivity contribution >= 4 is 34.5 Å². The number of hydrogen-bond acceptors (Lipinski definition) is 7. The molecule has 1 unspecified atom stereocenters. The number of thioether (sulfide) groups is 1. The van der Waals surface area contributed by atoms with Crippen LogP contribution in [0.2, 0.25) is 0 Å². The summed E-state index contributed by atoms with van der Waals surface area (Å²) in [7, 11) is 1.83. The number of carbonyl (C=O) groups is 1. The van der Waals surface area contributed by atoms with E-state index in [1.165, 1.54) is 18.1 Å². The molecule has 0 aliphatic heterocycles. The van der Waals surface area contributed by atoms with E-state index in [2.05, 4.69) is 32.5 Å². The van der Waals surface area contributed by atoms with Crippen molar-refractivity contribution in [2.24, 2.45) is 7.05 Å². The Hall–Kier alpha value is -2.42. The molecule has 3 aromatic heterocycles. The van der Waals surface area contributed by atoms with E-state index in [1.54, 1.807) is 23.9 Å². The van der Waals surface area contributed by atoms with Crippen molar-refractivity contribution in [3.63, 3.8) is 0 Å². The van der Waals surface area contributed by atoms with Gasteiger partial charge in [0, 0.05) is 13.1 Å². The second-order valence-electron chi connectivity index (χ2n) is 5.75. The van der Waals surface area contributed by atoms with E-state index in [-0.39, 0.29) is 11.2 Å². The van der Waals surface area contributed by atoms with Crippen molar-refractivity contribution in [2.45, 2.75) is 43.4 Å². The van der Waals surface area contributed by atoms with E-state index in [0.717, 1.165) is 35.3 Å². The summed E-state index contributed by atoms with van der Waals surface area (Å²) in [6.45, 7) is 3.89. The Morgan fingerprint density at radius 1 is 1.44 bits per heavy atom. The fourth-order valence-electron chi connectivity index (χ4n) is 2.43. The first-order chi connectivity index (χ1) is 12.1. The maximum absolute atomic E-state index is 12.7. The third-order valence-electron chi connectivity index (χ3n) is 3.74. The predicted molar refractivity (Wildman–Crippen MR) is 95.3 cm³/mol. The van der Waals surface area contributed by atoms with Gasteiger partial charge in [-0.25, -0.2) is 9.97 Å². The molecule has 132 valence electrons. The smallest absolute Gasteiger partial charge is 0.239 e. The molecule has 1 N–H and O–H groups in total. The Morgan fingerprint density at radius 2 is 2.28 bits per heavy atom. The first-order valence-corrected chi connectivity index (χ1v) is 9.00. The second-order valence-corrected chi connectivity index (χ2v) is 6.94. The normalized spacial score (nSPS) is 12.4. The van der Waals surface area contributed by atoms with E-state index in [0.29, 0.717) is 11.6 Å². The van der Waals surface area contributed by atoms with Crippen LogP contribution in [-0.4, -0.2) is 36.1 Å². The lowest BCUT2D eigenvalue weighted by Gasteiger charge is -2.15. The summed E-state index contributed by atoms with van der Waals surface area (Å²) in [5.74, 6) is 0.974. The quantitative estimate of drug-likeness (QED) is 0.511. The molecule has 3 heterocycles. The van der Waals surface area contributed by atoms with Gasteiger partial charge in [-0.05, 0) is 13.3 Å². The molecule has 8 nitrogen and oxygen atoms in total. The summed E-state index contributed by atoms with van der Waals surface area (Å²) in [5, 5.41) is 12.2. The zero-order chi connectivity index (χ0) is 17.8. The minimum Gasteiger partial charge on any atom is -0.360 e. The average molecular weight is 360 g/mol. The molecule has 0 saturated heterocycles. The van der Waals surface area contributed by atoms with Crippen LogP contribution in [0.1, 0.15) is 31.9 Å². The van der Waals surface area contributed by atoms with Crippen LogP contribution < -0.4 is 5.32 Å². The first-order valence-electron chi connectivity index (χ1n) is 8.12. The summed E-state index contributed by atoms with van der Waals surface area (Å²) in [4.78, 5) is 21.3. The van der Waals surface area contributed by atoms with Gasteiger partial charge in [-0.2, -0.15) is 5.10 Å². The summed E-state index contributed by atoms with van der Waals surface area (Å²) >= 11 is 1.43. The molecule has 9 heteroatoms. The molecule has 25 heavy (non-hydrogen) atoms. The Morgan fingerprint density at radius 3 is 3.00 bits per heavy atom. The molecular formula is C16H20N6O2S. The number of aryl methyl sites for hydroxylation is 2. The zero-order valence-electron chi connectivity index (χ0n) is 14.4. The summed E-state index contributed by atoms with van der Waals surface area (Å²) < 4.78 is 6.70. The first kappa shape index (κ1) is 17.4. The van der Waals surface area contributed by atoms with E-state index < -0.39 is 0 Å². The lowest BCUT2D eigenvalue weighted by atomic mass is 10.2. The molecule has 0 aromatic carbocycles. The van der Waals surface area contributed by atoms with Gasteiger partial charge < -0.3 is 9.84 Å². The van der Waals surface area contributed by atoms with Gasteiger partial charge in [0.05, 0.1) is 16.8 Å². The van der Waals surface area contributed by atoms with Gasteiger partial charge in [0.15, 0.2) is 11.5 Å². The minimum absolute atomic E-state index is 0.109. The van der Waals surface area contributed by atoms with Gasteiger partial charge >= 0.3 is 0 Å².